The highest BCUT2D eigenvalue weighted by molar-refractivity contribution is 7.90. The highest BCUT2D eigenvalue weighted by Gasteiger charge is 2.35. The summed E-state index contributed by atoms with van der Waals surface area (Å²) in [5.74, 6) is -1.34. The first kappa shape index (κ1) is 19.5. The van der Waals surface area contributed by atoms with Gasteiger partial charge in [-0.1, -0.05) is 12.1 Å². The Morgan fingerprint density at radius 3 is 2.63 bits per heavy atom. The van der Waals surface area contributed by atoms with Gasteiger partial charge in [0.2, 0.25) is 15.0 Å². The Balaban J connectivity index is 1.87. The molecule has 27 heavy (non-hydrogen) atoms. The number of halogens is 4. The third-order valence-electron chi connectivity index (χ3n) is 4.26. The van der Waals surface area contributed by atoms with Crippen molar-refractivity contribution in [2.24, 2.45) is 0 Å². The molecule has 1 aliphatic rings. The van der Waals surface area contributed by atoms with Gasteiger partial charge in [0.25, 0.3) is 5.56 Å². The number of alkyl halides is 3. The van der Waals surface area contributed by atoms with E-state index in [9.17, 15) is 30.8 Å². The molecule has 0 radical (unpaired) electrons. The second-order valence-corrected chi connectivity index (χ2v) is 8.24. The maximum atomic E-state index is 14.2. The van der Waals surface area contributed by atoms with Gasteiger partial charge in [0.1, 0.15) is 5.82 Å². The fraction of sp³-hybridized carbons (Fsp3) is 0.375. The van der Waals surface area contributed by atoms with E-state index in [1.54, 1.807) is 4.90 Å². The van der Waals surface area contributed by atoms with Crippen LogP contribution in [0.1, 0.15) is 22.4 Å². The average molecular weight is 405 g/mol. The van der Waals surface area contributed by atoms with E-state index in [2.05, 4.69) is 9.97 Å². The van der Waals surface area contributed by atoms with Crippen molar-refractivity contribution in [2.45, 2.75) is 30.8 Å². The van der Waals surface area contributed by atoms with Crippen molar-refractivity contribution in [2.75, 3.05) is 12.8 Å². The lowest BCUT2D eigenvalue weighted by Crippen LogP contribution is -2.36. The predicted molar refractivity (Wildman–Crippen MR) is 87.2 cm³/mol. The lowest BCUT2D eigenvalue weighted by Gasteiger charge is -2.28. The molecule has 0 saturated carbocycles. The van der Waals surface area contributed by atoms with Gasteiger partial charge >= 0.3 is 6.18 Å². The van der Waals surface area contributed by atoms with Crippen LogP contribution in [0, 0.1) is 5.82 Å². The van der Waals surface area contributed by atoms with Crippen molar-refractivity contribution < 1.29 is 26.0 Å². The Labute approximate surface area is 151 Å². The molecule has 1 aliphatic heterocycles. The maximum Gasteiger partial charge on any atom is 0.419 e. The molecular weight excluding hydrogens is 390 g/mol. The minimum absolute atomic E-state index is 0.0252. The molecule has 6 nitrogen and oxygen atoms in total. The second-order valence-electron chi connectivity index (χ2n) is 6.31. The summed E-state index contributed by atoms with van der Waals surface area (Å²) >= 11 is 0. The van der Waals surface area contributed by atoms with E-state index in [-0.39, 0.29) is 30.6 Å². The van der Waals surface area contributed by atoms with Crippen LogP contribution in [-0.2, 0) is 35.5 Å². The van der Waals surface area contributed by atoms with Gasteiger partial charge in [-0.15, -0.1) is 0 Å². The van der Waals surface area contributed by atoms with Crippen LogP contribution in [-0.4, -0.2) is 36.1 Å². The molecule has 0 fully saturated rings. The molecule has 1 aromatic carbocycles. The number of aromatic amines is 1. The van der Waals surface area contributed by atoms with Gasteiger partial charge in [0.15, 0.2) is 0 Å². The molecule has 3 rings (SSSR count). The van der Waals surface area contributed by atoms with E-state index in [4.69, 9.17) is 0 Å². The third-order valence-corrected chi connectivity index (χ3v) is 5.15. The number of nitrogens with zero attached hydrogens (tertiary/aromatic N) is 2. The van der Waals surface area contributed by atoms with E-state index >= 15 is 0 Å². The lowest BCUT2D eigenvalue weighted by atomic mass is 10.0. The topological polar surface area (TPSA) is 83.1 Å². The Kier molecular flexibility index (Phi) is 4.85. The molecule has 0 saturated heterocycles. The number of aromatic nitrogens is 2. The standard InChI is InChI=1S/C16H15F4N3O3S/c1-27(25,26)15-21-12-5-6-23(8-10(12)14(24)22-15)7-9-3-2-4-11(13(9)17)16(18,19)20/h2-4H,5-8H2,1H3,(H,21,22,24). The Bertz CT molecular complexity index is 1050. The molecule has 2 heterocycles. The van der Waals surface area contributed by atoms with Gasteiger partial charge < -0.3 is 0 Å². The number of H-pyrrole nitrogens is 1. The third kappa shape index (κ3) is 4.03. The number of hydrogen-bond donors (Lipinski definition) is 1. The molecule has 1 N–H and O–H groups in total. The molecule has 1 aromatic heterocycles. The smallest absolute Gasteiger partial charge is 0.297 e. The summed E-state index contributed by atoms with van der Waals surface area (Å²) in [5.41, 5.74) is -1.56. The minimum atomic E-state index is -4.79. The SMILES string of the molecule is CS(=O)(=O)c1nc2c(c(=O)[nH]1)CN(Cc1cccc(C(F)(F)F)c1F)CC2. The van der Waals surface area contributed by atoms with Crippen molar-refractivity contribution in [3.05, 3.63) is 56.8 Å². The van der Waals surface area contributed by atoms with Gasteiger partial charge in [-0.2, -0.15) is 13.2 Å². The van der Waals surface area contributed by atoms with Gasteiger partial charge in [-0.25, -0.2) is 17.8 Å². The van der Waals surface area contributed by atoms with E-state index < -0.39 is 38.1 Å². The zero-order chi connectivity index (χ0) is 20.0. The Morgan fingerprint density at radius 2 is 2.00 bits per heavy atom. The summed E-state index contributed by atoms with van der Waals surface area (Å²) in [7, 11) is -3.68. The quantitative estimate of drug-likeness (QED) is 0.623. The van der Waals surface area contributed by atoms with E-state index in [1.807, 2.05) is 0 Å². The molecule has 2 aromatic rings. The Morgan fingerprint density at radius 1 is 1.30 bits per heavy atom. The number of hydrogen-bond acceptors (Lipinski definition) is 5. The van der Waals surface area contributed by atoms with E-state index in [0.29, 0.717) is 18.3 Å². The van der Waals surface area contributed by atoms with E-state index in [0.717, 1.165) is 12.3 Å². The van der Waals surface area contributed by atoms with Crippen LogP contribution in [0.2, 0.25) is 0 Å². The summed E-state index contributed by atoms with van der Waals surface area (Å²) in [6, 6.07) is 3.06. The highest BCUT2D eigenvalue weighted by Crippen LogP contribution is 2.33. The van der Waals surface area contributed by atoms with Crippen LogP contribution in [0.4, 0.5) is 17.6 Å². The van der Waals surface area contributed by atoms with Crippen molar-refractivity contribution in [3.8, 4) is 0 Å². The van der Waals surface area contributed by atoms with Crippen LogP contribution in [0.5, 0.6) is 0 Å². The molecule has 11 heteroatoms. The van der Waals surface area contributed by atoms with Crippen LogP contribution >= 0.6 is 0 Å². The molecule has 0 bridgehead atoms. The van der Waals surface area contributed by atoms with Crippen LogP contribution in [0.3, 0.4) is 0 Å². The number of rotatable bonds is 3. The number of sulfone groups is 1. The first-order chi connectivity index (χ1) is 12.5. The molecule has 0 aliphatic carbocycles. The van der Waals surface area contributed by atoms with Crippen LogP contribution < -0.4 is 5.56 Å². The molecule has 146 valence electrons. The normalized spacial score (nSPS) is 15.6. The minimum Gasteiger partial charge on any atom is -0.297 e. The summed E-state index contributed by atoms with van der Waals surface area (Å²) in [5, 5.41) is -0.427. The molecule has 0 unspecified atom stereocenters. The predicted octanol–water partition coefficient (Wildman–Crippen LogP) is 1.89. The molecule has 0 amide bonds. The lowest BCUT2D eigenvalue weighted by molar-refractivity contribution is -0.140. The molecule has 0 spiro atoms. The second kappa shape index (κ2) is 6.71. The first-order valence-corrected chi connectivity index (χ1v) is 9.75. The average Bonchev–Trinajstić information content (AvgIpc) is 2.55. The van der Waals surface area contributed by atoms with Crippen molar-refractivity contribution in [3.63, 3.8) is 0 Å². The summed E-state index contributed by atoms with van der Waals surface area (Å²) in [4.78, 5) is 19.9. The van der Waals surface area contributed by atoms with Crippen LogP contribution in [0.15, 0.2) is 28.2 Å². The van der Waals surface area contributed by atoms with Crippen molar-refractivity contribution in [1.82, 2.24) is 14.9 Å². The number of benzene rings is 1. The summed E-state index contributed by atoms with van der Waals surface area (Å²) in [6.45, 7) is 0.197. The summed E-state index contributed by atoms with van der Waals surface area (Å²) < 4.78 is 75.8. The largest absolute Gasteiger partial charge is 0.419 e. The Hall–Kier alpha value is -2.27. The van der Waals surface area contributed by atoms with Gasteiger partial charge in [0.05, 0.1) is 16.8 Å². The summed E-state index contributed by atoms with van der Waals surface area (Å²) in [6.07, 6.45) is -3.65. The van der Waals surface area contributed by atoms with Gasteiger partial charge in [-0.3, -0.25) is 14.7 Å². The fourth-order valence-electron chi connectivity index (χ4n) is 2.93. The first-order valence-electron chi connectivity index (χ1n) is 7.86. The van der Waals surface area contributed by atoms with Crippen molar-refractivity contribution in [1.29, 1.82) is 0 Å². The van der Waals surface area contributed by atoms with Crippen LogP contribution in [0.25, 0.3) is 0 Å². The molecular formula is C16H15F4N3O3S. The number of fused-ring (bicyclic) bond motifs is 1. The monoisotopic (exact) mass is 405 g/mol. The van der Waals surface area contributed by atoms with Crippen molar-refractivity contribution >= 4 is 9.84 Å². The fourth-order valence-corrected chi connectivity index (χ4v) is 3.48. The maximum absolute atomic E-state index is 14.2. The van der Waals surface area contributed by atoms with E-state index in [1.165, 1.54) is 6.07 Å². The zero-order valence-corrected chi connectivity index (χ0v) is 14.9. The molecule has 0 atom stereocenters. The highest BCUT2D eigenvalue weighted by atomic mass is 32.2. The number of nitrogens with one attached hydrogen (secondary N) is 1. The van der Waals surface area contributed by atoms with Gasteiger partial charge in [-0.05, 0) is 6.07 Å². The van der Waals surface area contributed by atoms with Gasteiger partial charge in [0, 0.05) is 37.9 Å². The zero-order valence-electron chi connectivity index (χ0n) is 14.1.